The number of carbonyl (C=O) groups excluding carboxylic acids is 2. The van der Waals surface area contributed by atoms with Crippen LogP contribution < -0.4 is 5.32 Å². The normalized spacial score (nSPS) is 24.6. The monoisotopic (exact) mass is 282 g/mol. The summed E-state index contributed by atoms with van der Waals surface area (Å²) in [5.74, 6) is -1.04. The van der Waals surface area contributed by atoms with Gasteiger partial charge >= 0.3 is 5.97 Å². The summed E-state index contributed by atoms with van der Waals surface area (Å²) < 4.78 is 0. The zero-order valence-corrected chi connectivity index (χ0v) is 11.9. The molecule has 2 fully saturated rings. The zero-order chi connectivity index (χ0) is 14.8. The molecule has 0 aromatic carbocycles. The Balaban J connectivity index is 1.92. The first-order valence-corrected chi connectivity index (χ1v) is 7.21. The van der Waals surface area contributed by atoms with Gasteiger partial charge < -0.3 is 15.3 Å². The zero-order valence-electron chi connectivity index (χ0n) is 11.9. The molecule has 1 saturated carbocycles. The van der Waals surface area contributed by atoms with Crippen molar-refractivity contribution in [2.45, 2.75) is 51.5 Å². The summed E-state index contributed by atoms with van der Waals surface area (Å²) in [6, 6.07) is 0.000746. The fourth-order valence-corrected chi connectivity index (χ4v) is 3.31. The van der Waals surface area contributed by atoms with Crippen molar-refractivity contribution in [3.63, 3.8) is 0 Å². The molecular weight excluding hydrogens is 260 g/mol. The SMILES string of the molecule is CC(=O)NC1CCN(C(=O)CC2(C(=O)O)CCCC2)C1. The topological polar surface area (TPSA) is 86.7 Å². The average molecular weight is 282 g/mol. The van der Waals surface area contributed by atoms with Gasteiger partial charge in [-0.2, -0.15) is 0 Å². The molecule has 20 heavy (non-hydrogen) atoms. The Bertz CT molecular complexity index is 415. The second kappa shape index (κ2) is 5.81. The summed E-state index contributed by atoms with van der Waals surface area (Å²) in [7, 11) is 0. The van der Waals surface area contributed by atoms with E-state index >= 15 is 0 Å². The second-order valence-corrected chi connectivity index (χ2v) is 6.00. The van der Waals surface area contributed by atoms with Gasteiger partial charge in [-0.25, -0.2) is 0 Å². The van der Waals surface area contributed by atoms with Gasteiger partial charge in [-0.15, -0.1) is 0 Å². The van der Waals surface area contributed by atoms with E-state index < -0.39 is 11.4 Å². The highest BCUT2D eigenvalue weighted by Crippen LogP contribution is 2.41. The quantitative estimate of drug-likeness (QED) is 0.797. The van der Waals surface area contributed by atoms with Crippen LogP contribution >= 0.6 is 0 Å². The highest BCUT2D eigenvalue weighted by Gasteiger charge is 2.44. The molecule has 2 aliphatic rings. The van der Waals surface area contributed by atoms with Gasteiger partial charge in [-0.3, -0.25) is 14.4 Å². The first-order valence-electron chi connectivity index (χ1n) is 7.21. The third kappa shape index (κ3) is 3.11. The van der Waals surface area contributed by atoms with Crippen LogP contribution in [0.4, 0.5) is 0 Å². The van der Waals surface area contributed by atoms with E-state index in [4.69, 9.17) is 0 Å². The molecule has 1 saturated heterocycles. The summed E-state index contributed by atoms with van der Waals surface area (Å²) in [6.45, 7) is 2.55. The van der Waals surface area contributed by atoms with E-state index in [1.807, 2.05) is 0 Å². The lowest BCUT2D eigenvalue weighted by molar-refractivity contribution is -0.153. The van der Waals surface area contributed by atoms with Crippen molar-refractivity contribution >= 4 is 17.8 Å². The summed E-state index contributed by atoms with van der Waals surface area (Å²) in [5, 5.41) is 12.2. The van der Waals surface area contributed by atoms with Crippen molar-refractivity contribution in [3.8, 4) is 0 Å². The maximum atomic E-state index is 12.3. The minimum absolute atomic E-state index is 0.000746. The maximum Gasteiger partial charge on any atom is 0.310 e. The molecule has 2 amide bonds. The number of aliphatic carboxylic acids is 1. The van der Waals surface area contributed by atoms with Crippen LogP contribution in [0.2, 0.25) is 0 Å². The predicted molar refractivity (Wildman–Crippen MR) is 72.0 cm³/mol. The van der Waals surface area contributed by atoms with Gasteiger partial charge in [0.2, 0.25) is 11.8 Å². The number of rotatable bonds is 4. The molecular formula is C14H22N2O4. The van der Waals surface area contributed by atoms with E-state index in [9.17, 15) is 19.5 Å². The molecule has 1 aliphatic heterocycles. The molecule has 0 bridgehead atoms. The number of likely N-dealkylation sites (tertiary alicyclic amines) is 1. The molecule has 2 N–H and O–H groups in total. The lowest BCUT2D eigenvalue weighted by Crippen LogP contribution is -2.40. The van der Waals surface area contributed by atoms with Gasteiger partial charge in [0.05, 0.1) is 5.41 Å². The summed E-state index contributed by atoms with van der Waals surface area (Å²) in [6.07, 6.45) is 3.79. The number of nitrogens with zero attached hydrogens (tertiary/aromatic N) is 1. The van der Waals surface area contributed by atoms with Crippen LogP contribution in [0.3, 0.4) is 0 Å². The first-order chi connectivity index (χ1) is 9.43. The largest absolute Gasteiger partial charge is 0.481 e. The summed E-state index contributed by atoms with van der Waals surface area (Å²) >= 11 is 0. The number of amides is 2. The molecule has 1 heterocycles. The lowest BCUT2D eigenvalue weighted by Gasteiger charge is -2.26. The molecule has 0 aromatic rings. The number of carboxylic acids is 1. The molecule has 1 aliphatic carbocycles. The Morgan fingerprint density at radius 1 is 1.30 bits per heavy atom. The third-order valence-electron chi connectivity index (χ3n) is 4.45. The number of nitrogens with one attached hydrogen (secondary N) is 1. The van der Waals surface area contributed by atoms with Crippen LogP contribution in [0.15, 0.2) is 0 Å². The molecule has 112 valence electrons. The summed E-state index contributed by atoms with van der Waals surface area (Å²) in [5.41, 5.74) is -0.858. The first kappa shape index (κ1) is 14.8. The molecule has 1 unspecified atom stereocenters. The van der Waals surface area contributed by atoms with Crippen molar-refractivity contribution in [3.05, 3.63) is 0 Å². The fraction of sp³-hybridized carbons (Fsp3) is 0.786. The molecule has 6 heteroatoms. The van der Waals surface area contributed by atoms with Crippen LogP contribution in [0.1, 0.15) is 45.4 Å². The Morgan fingerprint density at radius 2 is 1.95 bits per heavy atom. The molecule has 0 aromatic heterocycles. The van der Waals surface area contributed by atoms with E-state index in [0.717, 1.165) is 19.3 Å². The maximum absolute atomic E-state index is 12.3. The Morgan fingerprint density at radius 3 is 2.50 bits per heavy atom. The Labute approximate surface area is 118 Å². The van der Waals surface area contributed by atoms with Gasteiger partial charge in [0.15, 0.2) is 0 Å². The van der Waals surface area contributed by atoms with Crippen molar-refractivity contribution < 1.29 is 19.5 Å². The standard InChI is InChI=1S/C14H22N2O4/c1-10(17)15-11-4-7-16(9-11)12(18)8-14(13(19)20)5-2-3-6-14/h11H,2-9H2,1H3,(H,15,17)(H,19,20). The van der Waals surface area contributed by atoms with Gasteiger partial charge in [0, 0.05) is 32.5 Å². The summed E-state index contributed by atoms with van der Waals surface area (Å²) in [4.78, 5) is 36.4. The molecule has 1 atom stereocenters. The lowest BCUT2D eigenvalue weighted by atomic mass is 9.82. The van der Waals surface area contributed by atoms with Gasteiger partial charge in [0.25, 0.3) is 0 Å². The van der Waals surface area contributed by atoms with E-state index in [1.54, 1.807) is 4.90 Å². The van der Waals surface area contributed by atoms with Crippen LogP contribution in [-0.2, 0) is 14.4 Å². The number of carbonyl (C=O) groups is 3. The van der Waals surface area contributed by atoms with Crippen molar-refractivity contribution in [2.75, 3.05) is 13.1 Å². The van der Waals surface area contributed by atoms with Gasteiger partial charge in [0.1, 0.15) is 0 Å². The molecule has 6 nitrogen and oxygen atoms in total. The van der Waals surface area contributed by atoms with Crippen LogP contribution in [0, 0.1) is 5.41 Å². The fourth-order valence-electron chi connectivity index (χ4n) is 3.31. The predicted octanol–water partition coefficient (Wildman–Crippen LogP) is 0.758. The molecule has 0 radical (unpaired) electrons. The minimum atomic E-state index is -0.858. The van der Waals surface area contributed by atoms with E-state index in [0.29, 0.717) is 25.9 Å². The average Bonchev–Trinajstić information content (AvgIpc) is 2.98. The minimum Gasteiger partial charge on any atom is -0.481 e. The van der Waals surface area contributed by atoms with Gasteiger partial charge in [-0.1, -0.05) is 12.8 Å². The number of hydrogen-bond acceptors (Lipinski definition) is 3. The third-order valence-corrected chi connectivity index (χ3v) is 4.45. The van der Waals surface area contributed by atoms with Gasteiger partial charge in [-0.05, 0) is 19.3 Å². The Kier molecular flexibility index (Phi) is 4.30. The number of carboxylic acid groups (broad SMARTS) is 1. The van der Waals surface area contributed by atoms with Crippen molar-refractivity contribution in [1.29, 1.82) is 0 Å². The molecule has 2 rings (SSSR count). The molecule has 0 spiro atoms. The van der Waals surface area contributed by atoms with Crippen LogP contribution in [0.25, 0.3) is 0 Å². The smallest absolute Gasteiger partial charge is 0.310 e. The highest BCUT2D eigenvalue weighted by atomic mass is 16.4. The Hall–Kier alpha value is -1.59. The second-order valence-electron chi connectivity index (χ2n) is 6.00. The highest BCUT2D eigenvalue weighted by molar-refractivity contribution is 5.85. The van der Waals surface area contributed by atoms with E-state index in [2.05, 4.69) is 5.32 Å². The van der Waals surface area contributed by atoms with E-state index in [1.165, 1.54) is 6.92 Å². The van der Waals surface area contributed by atoms with Crippen LogP contribution in [-0.4, -0.2) is 46.9 Å². The van der Waals surface area contributed by atoms with Crippen LogP contribution in [0.5, 0.6) is 0 Å². The van der Waals surface area contributed by atoms with Crippen molar-refractivity contribution in [1.82, 2.24) is 10.2 Å². The van der Waals surface area contributed by atoms with Crippen molar-refractivity contribution in [2.24, 2.45) is 5.41 Å². The number of hydrogen-bond donors (Lipinski definition) is 2. The van der Waals surface area contributed by atoms with E-state index in [-0.39, 0.29) is 24.3 Å².